The summed E-state index contributed by atoms with van der Waals surface area (Å²) in [6.45, 7) is 0. The number of aromatic amines is 1. The topological polar surface area (TPSA) is 75.2 Å². The van der Waals surface area contributed by atoms with Crippen molar-refractivity contribution in [3.63, 3.8) is 0 Å². The van der Waals surface area contributed by atoms with E-state index in [-0.39, 0.29) is 5.69 Å². The molecule has 2 aromatic heterocycles. The fourth-order valence-electron chi connectivity index (χ4n) is 1.33. The molecule has 0 unspecified atom stereocenters. The Bertz CT molecular complexity index is 535. The number of pyridine rings is 1. The van der Waals surface area contributed by atoms with Gasteiger partial charge >= 0.3 is 5.97 Å². The average Bonchev–Trinajstić information content (AvgIpc) is 2.64. The maximum Gasteiger partial charge on any atom is 0.352 e. The molecule has 0 aliphatic carbocycles. The second-order valence-electron chi connectivity index (χ2n) is 2.89. The molecule has 2 N–H and O–H groups in total. The van der Waals surface area contributed by atoms with Gasteiger partial charge in [-0.15, -0.1) is 0 Å². The van der Waals surface area contributed by atoms with Crippen molar-refractivity contribution in [1.29, 1.82) is 0 Å². The minimum atomic E-state index is -1.01. The molecule has 0 aliphatic heterocycles. The Hall–Kier alpha value is -1.56. The van der Waals surface area contributed by atoms with E-state index >= 15 is 0 Å². The minimum Gasteiger partial charge on any atom is -0.479 e. The van der Waals surface area contributed by atoms with Crippen LogP contribution >= 0.6 is 15.9 Å². The number of aromatic nitrogens is 2. The molecular formula is C9H7BrN2O3. The third-order valence-corrected chi connectivity index (χ3v) is 2.64. The molecule has 0 amide bonds. The molecule has 0 aromatic carbocycles. The highest BCUT2D eigenvalue weighted by atomic mass is 79.9. The quantitative estimate of drug-likeness (QED) is 0.876. The van der Waals surface area contributed by atoms with Gasteiger partial charge in [0, 0.05) is 16.1 Å². The minimum absolute atomic E-state index is 0.108. The summed E-state index contributed by atoms with van der Waals surface area (Å²) in [6, 6.07) is 1.53. The van der Waals surface area contributed by atoms with Gasteiger partial charge in [0.1, 0.15) is 11.2 Å². The van der Waals surface area contributed by atoms with Gasteiger partial charge < -0.3 is 14.8 Å². The number of carboxylic acid groups (broad SMARTS) is 1. The maximum atomic E-state index is 10.8. The van der Waals surface area contributed by atoms with Gasteiger partial charge in [-0.3, -0.25) is 0 Å². The van der Waals surface area contributed by atoms with E-state index in [1.165, 1.54) is 13.2 Å². The number of halogens is 1. The summed E-state index contributed by atoms with van der Waals surface area (Å²) >= 11 is 3.29. The molecule has 78 valence electrons. The van der Waals surface area contributed by atoms with Crippen LogP contribution in [0.1, 0.15) is 10.5 Å². The number of ether oxygens (including phenoxy) is 1. The first-order chi connectivity index (χ1) is 7.13. The molecule has 0 atom stereocenters. The molecule has 2 rings (SSSR count). The van der Waals surface area contributed by atoms with Crippen molar-refractivity contribution in [2.75, 3.05) is 7.11 Å². The molecule has 2 heterocycles. The first kappa shape index (κ1) is 9.97. The van der Waals surface area contributed by atoms with Gasteiger partial charge in [-0.1, -0.05) is 0 Å². The number of carbonyl (C=O) groups is 1. The molecule has 0 fully saturated rings. The predicted molar refractivity (Wildman–Crippen MR) is 57.3 cm³/mol. The number of hydrogen-bond acceptors (Lipinski definition) is 3. The zero-order chi connectivity index (χ0) is 11.0. The van der Waals surface area contributed by atoms with Gasteiger partial charge in [0.25, 0.3) is 0 Å². The van der Waals surface area contributed by atoms with E-state index in [9.17, 15) is 4.79 Å². The fourth-order valence-corrected chi connectivity index (χ4v) is 1.75. The number of rotatable bonds is 2. The Morgan fingerprint density at radius 1 is 1.67 bits per heavy atom. The SMILES string of the molecule is COc1ncc(Br)c2cc(C(=O)O)[nH]c12. The van der Waals surface area contributed by atoms with E-state index in [0.29, 0.717) is 11.4 Å². The number of nitrogens with zero attached hydrogens (tertiary/aromatic N) is 1. The highest BCUT2D eigenvalue weighted by Crippen LogP contribution is 2.29. The lowest BCUT2D eigenvalue weighted by atomic mass is 10.3. The van der Waals surface area contributed by atoms with Crippen LogP contribution in [0, 0.1) is 0 Å². The van der Waals surface area contributed by atoms with Crippen molar-refractivity contribution in [2.24, 2.45) is 0 Å². The van der Waals surface area contributed by atoms with Crippen LogP contribution in [0.4, 0.5) is 0 Å². The molecule has 0 radical (unpaired) electrons. The lowest BCUT2D eigenvalue weighted by Gasteiger charge is -2.00. The lowest BCUT2D eigenvalue weighted by molar-refractivity contribution is 0.0691. The van der Waals surface area contributed by atoms with Crippen LogP contribution < -0.4 is 4.74 Å². The molecule has 15 heavy (non-hydrogen) atoms. The van der Waals surface area contributed by atoms with Crippen LogP contribution in [-0.4, -0.2) is 28.2 Å². The summed E-state index contributed by atoms with van der Waals surface area (Å²) in [5.41, 5.74) is 0.682. The largest absolute Gasteiger partial charge is 0.479 e. The Morgan fingerprint density at radius 3 is 3.00 bits per heavy atom. The molecule has 0 spiro atoms. The van der Waals surface area contributed by atoms with E-state index in [2.05, 4.69) is 25.9 Å². The first-order valence-electron chi connectivity index (χ1n) is 4.08. The van der Waals surface area contributed by atoms with Gasteiger partial charge in [0.2, 0.25) is 5.88 Å². The summed E-state index contributed by atoms with van der Waals surface area (Å²) < 4.78 is 5.74. The van der Waals surface area contributed by atoms with Crippen molar-refractivity contribution in [1.82, 2.24) is 9.97 Å². The highest BCUT2D eigenvalue weighted by Gasteiger charge is 2.13. The van der Waals surface area contributed by atoms with Crippen molar-refractivity contribution in [3.05, 3.63) is 22.4 Å². The van der Waals surface area contributed by atoms with Gasteiger partial charge in [0.05, 0.1) is 7.11 Å². The Labute approximate surface area is 93.2 Å². The summed E-state index contributed by atoms with van der Waals surface area (Å²) in [7, 11) is 1.48. The Kier molecular flexibility index (Phi) is 2.36. The predicted octanol–water partition coefficient (Wildman–Crippen LogP) is 2.03. The van der Waals surface area contributed by atoms with Crippen molar-refractivity contribution in [2.45, 2.75) is 0 Å². The number of hydrogen-bond donors (Lipinski definition) is 2. The van der Waals surface area contributed by atoms with Crippen molar-refractivity contribution >= 4 is 32.8 Å². The highest BCUT2D eigenvalue weighted by molar-refractivity contribution is 9.10. The van der Waals surface area contributed by atoms with Crippen LogP contribution in [0.25, 0.3) is 10.9 Å². The molecule has 0 saturated carbocycles. The summed E-state index contributed by atoms with van der Waals surface area (Å²) in [5.74, 6) is -0.638. The number of fused-ring (bicyclic) bond motifs is 1. The average molecular weight is 271 g/mol. The summed E-state index contributed by atoms with van der Waals surface area (Å²) in [5, 5.41) is 9.57. The van der Waals surface area contributed by atoms with Crippen LogP contribution in [-0.2, 0) is 0 Å². The Morgan fingerprint density at radius 2 is 2.40 bits per heavy atom. The smallest absolute Gasteiger partial charge is 0.352 e. The number of aromatic carboxylic acids is 1. The van der Waals surface area contributed by atoms with E-state index < -0.39 is 5.97 Å². The fraction of sp³-hybridized carbons (Fsp3) is 0.111. The Balaban J connectivity index is 2.77. The van der Waals surface area contributed by atoms with Crippen molar-refractivity contribution < 1.29 is 14.6 Å². The van der Waals surface area contributed by atoms with E-state index in [4.69, 9.17) is 9.84 Å². The molecule has 2 aromatic rings. The van der Waals surface area contributed by atoms with E-state index in [0.717, 1.165) is 9.86 Å². The number of H-pyrrole nitrogens is 1. The standard InChI is InChI=1S/C9H7BrN2O3/c1-15-8-7-4(5(10)3-11-8)2-6(12-7)9(13)14/h2-3,12H,1H3,(H,13,14). The number of carboxylic acids is 1. The van der Waals surface area contributed by atoms with Crippen LogP contribution in [0.5, 0.6) is 5.88 Å². The van der Waals surface area contributed by atoms with Gasteiger partial charge in [-0.25, -0.2) is 9.78 Å². The molecule has 0 aliphatic rings. The van der Waals surface area contributed by atoms with Crippen LogP contribution in [0.2, 0.25) is 0 Å². The number of methoxy groups -OCH3 is 1. The van der Waals surface area contributed by atoms with Gasteiger partial charge in [-0.2, -0.15) is 0 Å². The third-order valence-electron chi connectivity index (χ3n) is 2.01. The molecule has 6 heteroatoms. The first-order valence-corrected chi connectivity index (χ1v) is 4.87. The molecular weight excluding hydrogens is 264 g/mol. The zero-order valence-corrected chi connectivity index (χ0v) is 9.33. The van der Waals surface area contributed by atoms with Gasteiger partial charge in [-0.05, 0) is 22.0 Å². The maximum absolute atomic E-state index is 10.8. The normalized spacial score (nSPS) is 10.5. The van der Waals surface area contributed by atoms with Crippen LogP contribution in [0.15, 0.2) is 16.7 Å². The zero-order valence-electron chi connectivity index (χ0n) is 7.74. The summed E-state index contributed by atoms with van der Waals surface area (Å²) in [4.78, 5) is 17.5. The molecule has 0 saturated heterocycles. The second-order valence-corrected chi connectivity index (χ2v) is 3.75. The molecule has 5 nitrogen and oxygen atoms in total. The van der Waals surface area contributed by atoms with E-state index in [1.54, 1.807) is 6.20 Å². The van der Waals surface area contributed by atoms with Gasteiger partial charge in [0.15, 0.2) is 0 Å². The van der Waals surface area contributed by atoms with Crippen LogP contribution in [0.3, 0.4) is 0 Å². The molecule has 0 bridgehead atoms. The van der Waals surface area contributed by atoms with E-state index in [1.807, 2.05) is 0 Å². The van der Waals surface area contributed by atoms with Crippen molar-refractivity contribution in [3.8, 4) is 5.88 Å². The summed E-state index contributed by atoms with van der Waals surface area (Å²) in [6.07, 6.45) is 1.57. The monoisotopic (exact) mass is 270 g/mol. The lowest BCUT2D eigenvalue weighted by Crippen LogP contribution is -1.95. The number of nitrogens with one attached hydrogen (secondary N) is 1. The second kappa shape index (κ2) is 3.54. The third kappa shape index (κ3) is 1.56.